The highest BCUT2D eigenvalue weighted by atomic mass is 32.2. The summed E-state index contributed by atoms with van der Waals surface area (Å²) in [6, 6.07) is 7.70. The van der Waals surface area contributed by atoms with Crippen molar-refractivity contribution in [2.24, 2.45) is 5.92 Å². The molecule has 3 rings (SSSR count). The second kappa shape index (κ2) is 9.59. The van der Waals surface area contributed by atoms with E-state index in [4.69, 9.17) is 4.98 Å². The molecular weight excluding hydrogens is 370 g/mol. The van der Waals surface area contributed by atoms with Gasteiger partial charge in [0.2, 0.25) is 5.91 Å². The van der Waals surface area contributed by atoms with Crippen LogP contribution in [0.1, 0.15) is 59.3 Å². The van der Waals surface area contributed by atoms with Crippen LogP contribution in [0.3, 0.4) is 0 Å². The van der Waals surface area contributed by atoms with E-state index in [1.54, 1.807) is 4.57 Å². The van der Waals surface area contributed by atoms with Crippen molar-refractivity contribution in [3.63, 3.8) is 0 Å². The maximum Gasteiger partial charge on any atom is 0.262 e. The fraction of sp³-hybridized carbons (Fsp3) is 0.591. The van der Waals surface area contributed by atoms with E-state index in [0.717, 1.165) is 19.3 Å². The number of amides is 1. The number of rotatable bonds is 7. The summed E-state index contributed by atoms with van der Waals surface area (Å²) in [5.74, 6) is 0.560. The van der Waals surface area contributed by atoms with Crippen LogP contribution < -0.4 is 10.9 Å². The predicted octanol–water partition coefficient (Wildman–Crippen LogP) is 4.37. The third kappa shape index (κ3) is 4.77. The Morgan fingerprint density at radius 3 is 2.82 bits per heavy atom. The van der Waals surface area contributed by atoms with E-state index in [0.29, 0.717) is 28.5 Å². The molecule has 1 saturated carbocycles. The van der Waals surface area contributed by atoms with E-state index in [1.807, 2.05) is 31.2 Å². The van der Waals surface area contributed by atoms with Crippen molar-refractivity contribution in [3.05, 3.63) is 34.6 Å². The van der Waals surface area contributed by atoms with E-state index < -0.39 is 0 Å². The maximum absolute atomic E-state index is 13.0. The van der Waals surface area contributed by atoms with Crippen molar-refractivity contribution in [3.8, 4) is 0 Å². The van der Waals surface area contributed by atoms with Crippen molar-refractivity contribution in [1.82, 2.24) is 14.9 Å². The van der Waals surface area contributed by atoms with Crippen LogP contribution in [0, 0.1) is 5.92 Å². The van der Waals surface area contributed by atoms with Crippen molar-refractivity contribution in [1.29, 1.82) is 0 Å². The first kappa shape index (κ1) is 20.9. The minimum Gasteiger partial charge on any atom is -0.352 e. The summed E-state index contributed by atoms with van der Waals surface area (Å²) in [5, 5.41) is 4.20. The molecule has 1 heterocycles. The number of thioether (sulfide) groups is 1. The number of benzene rings is 1. The quantitative estimate of drug-likeness (QED) is 0.553. The summed E-state index contributed by atoms with van der Waals surface area (Å²) in [4.78, 5) is 30.5. The van der Waals surface area contributed by atoms with Crippen LogP contribution in [0.5, 0.6) is 0 Å². The third-order valence-electron chi connectivity index (χ3n) is 5.65. The fourth-order valence-electron chi connectivity index (χ4n) is 3.79. The molecule has 152 valence electrons. The molecule has 1 fully saturated rings. The first-order chi connectivity index (χ1) is 13.5. The van der Waals surface area contributed by atoms with E-state index in [2.05, 4.69) is 19.2 Å². The summed E-state index contributed by atoms with van der Waals surface area (Å²) >= 11 is 1.39. The Morgan fingerprint density at radius 2 is 2.07 bits per heavy atom. The average molecular weight is 402 g/mol. The Labute approximate surface area is 171 Å². The molecule has 0 unspecified atom stereocenters. The normalized spacial score (nSPS) is 20.8. The molecule has 1 aliphatic rings. The molecule has 0 bridgehead atoms. The van der Waals surface area contributed by atoms with Gasteiger partial charge in [-0.1, -0.05) is 57.0 Å². The Kier molecular flexibility index (Phi) is 7.16. The van der Waals surface area contributed by atoms with Crippen LogP contribution in [0.2, 0.25) is 0 Å². The van der Waals surface area contributed by atoms with Crippen LogP contribution in [0.4, 0.5) is 0 Å². The highest BCUT2D eigenvalue weighted by molar-refractivity contribution is 8.00. The van der Waals surface area contributed by atoms with Crippen molar-refractivity contribution < 1.29 is 4.79 Å². The number of hydrogen-bond donors (Lipinski definition) is 1. The van der Waals surface area contributed by atoms with Gasteiger partial charge in [-0.25, -0.2) is 4.98 Å². The van der Waals surface area contributed by atoms with Gasteiger partial charge in [-0.15, -0.1) is 0 Å². The maximum atomic E-state index is 13.0. The smallest absolute Gasteiger partial charge is 0.262 e. The molecule has 1 aromatic heterocycles. The second-order valence-electron chi connectivity index (χ2n) is 7.86. The first-order valence-electron chi connectivity index (χ1n) is 10.5. The number of nitrogens with one attached hydrogen (secondary N) is 1. The molecule has 1 aromatic carbocycles. The largest absolute Gasteiger partial charge is 0.352 e. The minimum absolute atomic E-state index is 0.0185. The number of hydrogen-bond acceptors (Lipinski definition) is 4. The lowest BCUT2D eigenvalue weighted by Crippen LogP contribution is -2.44. The van der Waals surface area contributed by atoms with E-state index >= 15 is 0 Å². The zero-order chi connectivity index (χ0) is 20.1. The van der Waals surface area contributed by atoms with Gasteiger partial charge in [0.15, 0.2) is 5.16 Å². The zero-order valence-corrected chi connectivity index (χ0v) is 17.9. The molecular formula is C22H31N3O2S. The Morgan fingerprint density at radius 1 is 1.32 bits per heavy atom. The number of fused-ring (bicyclic) bond motifs is 1. The lowest BCUT2D eigenvalue weighted by Gasteiger charge is -2.30. The Bertz CT molecular complexity index is 880. The van der Waals surface area contributed by atoms with Gasteiger partial charge in [-0.3, -0.25) is 14.2 Å². The Balaban J connectivity index is 1.81. The van der Waals surface area contributed by atoms with Gasteiger partial charge in [0.05, 0.1) is 16.2 Å². The number of nitrogens with zero attached hydrogens (tertiary/aromatic N) is 2. The molecule has 1 aliphatic carbocycles. The van der Waals surface area contributed by atoms with Crippen molar-refractivity contribution in [2.45, 2.75) is 82.3 Å². The van der Waals surface area contributed by atoms with E-state index in [1.165, 1.54) is 31.0 Å². The summed E-state index contributed by atoms with van der Waals surface area (Å²) < 4.78 is 1.74. The molecule has 0 spiro atoms. The van der Waals surface area contributed by atoms with Crippen LogP contribution in [0.15, 0.2) is 34.2 Å². The number of para-hydroxylation sites is 1. The van der Waals surface area contributed by atoms with Crippen LogP contribution in [0.25, 0.3) is 10.9 Å². The van der Waals surface area contributed by atoms with Crippen LogP contribution >= 0.6 is 11.8 Å². The van der Waals surface area contributed by atoms with Gasteiger partial charge >= 0.3 is 0 Å². The molecule has 0 saturated heterocycles. The second-order valence-corrected chi connectivity index (χ2v) is 9.17. The summed E-state index contributed by atoms with van der Waals surface area (Å²) in [6.07, 6.45) is 6.57. The molecule has 0 radical (unpaired) electrons. The van der Waals surface area contributed by atoms with Gasteiger partial charge in [-0.2, -0.15) is 0 Å². The standard InChI is InChI=1S/C22H31N3O2S/c1-4-5-14-25-21(27)17-11-7-9-13-19(17)24-22(25)28-16(3)20(26)23-18-12-8-6-10-15(18)2/h7,9,11,13,15-16,18H,4-6,8,10,12,14H2,1-3H3,(H,23,26)/t15-,16-,18+/m0/s1. The highest BCUT2D eigenvalue weighted by Gasteiger charge is 2.26. The molecule has 3 atom stereocenters. The molecule has 5 nitrogen and oxygen atoms in total. The SMILES string of the molecule is CCCCn1c(S[C@@H](C)C(=O)N[C@@H]2CCCC[C@@H]2C)nc2ccccc2c1=O. The minimum atomic E-state index is -0.296. The molecule has 2 aromatic rings. The van der Waals surface area contributed by atoms with Crippen LogP contribution in [-0.2, 0) is 11.3 Å². The van der Waals surface area contributed by atoms with Gasteiger partial charge in [0.1, 0.15) is 0 Å². The summed E-state index contributed by atoms with van der Waals surface area (Å²) in [5.41, 5.74) is 0.673. The monoisotopic (exact) mass is 401 g/mol. The molecule has 1 amide bonds. The fourth-order valence-corrected chi connectivity index (χ4v) is 4.74. The lowest BCUT2D eigenvalue weighted by molar-refractivity contribution is -0.121. The topological polar surface area (TPSA) is 64.0 Å². The van der Waals surface area contributed by atoms with Crippen molar-refractivity contribution in [2.75, 3.05) is 0 Å². The van der Waals surface area contributed by atoms with E-state index in [9.17, 15) is 9.59 Å². The number of aromatic nitrogens is 2. The highest BCUT2D eigenvalue weighted by Crippen LogP contribution is 2.26. The van der Waals surface area contributed by atoms with E-state index in [-0.39, 0.29) is 22.8 Å². The molecule has 0 aliphatic heterocycles. The van der Waals surface area contributed by atoms with Gasteiger partial charge in [0.25, 0.3) is 5.56 Å². The first-order valence-corrected chi connectivity index (χ1v) is 11.4. The van der Waals surface area contributed by atoms with Gasteiger partial charge < -0.3 is 5.32 Å². The Hall–Kier alpha value is -1.82. The summed E-state index contributed by atoms with van der Waals surface area (Å²) in [7, 11) is 0. The number of unbranched alkanes of at least 4 members (excludes halogenated alkanes) is 1. The molecule has 28 heavy (non-hydrogen) atoms. The predicted molar refractivity (Wildman–Crippen MR) is 116 cm³/mol. The van der Waals surface area contributed by atoms with Gasteiger partial charge in [-0.05, 0) is 44.2 Å². The molecule has 6 heteroatoms. The summed E-state index contributed by atoms with van der Waals surface area (Å²) in [6.45, 7) is 6.85. The van der Waals surface area contributed by atoms with Crippen LogP contribution in [-0.4, -0.2) is 26.8 Å². The number of carbonyl (C=O) groups is 1. The number of carbonyl (C=O) groups excluding carboxylic acids is 1. The van der Waals surface area contributed by atoms with Crippen molar-refractivity contribution >= 4 is 28.6 Å². The van der Waals surface area contributed by atoms with Gasteiger partial charge in [0, 0.05) is 12.6 Å². The third-order valence-corrected chi connectivity index (χ3v) is 6.74. The molecule has 1 N–H and O–H groups in total. The average Bonchev–Trinajstić information content (AvgIpc) is 2.69. The zero-order valence-electron chi connectivity index (χ0n) is 17.1. The lowest BCUT2D eigenvalue weighted by atomic mass is 9.86.